The average molecular weight is 440 g/mol. The van der Waals surface area contributed by atoms with Gasteiger partial charge in [-0.25, -0.2) is 4.79 Å². The molecular formula is C29H45NO2. The van der Waals surface area contributed by atoms with E-state index in [0.29, 0.717) is 18.7 Å². The zero-order chi connectivity index (χ0) is 22.6. The summed E-state index contributed by atoms with van der Waals surface area (Å²) in [6.07, 6.45) is 16.7. The normalized spacial score (nSPS) is 21.9. The number of aryl methyl sites for hydroxylation is 1. The Morgan fingerprint density at radius 2 is 1.72 bits per heavy atom. The van der Waals surface area contributed by atoms with E-state index in [2.05, 4.69) is 42.7 Å². The smallest absolute Gasteiger partial charge is 0.334 e. The maximum atomic E-state index is 12.2. The van der Waals surface area contributed by atoms with E-state index < -0.39 is 0 Å². The number of benzene rings is 1. The molecule has 3 heteroatoms. The molecule has 2 fully saturated rings. The summed E-state index contributed by atoms with van der Waals surface area (Å²) in [5.74, 6) is 1.49. The highest BCUT2D eigenvalue weighted by molar-refractivity contribution is 5.88. The number of rotatable bonds is 12. The standard InChI is InChI=1S/C29H45NO2/c1-3-4-6-10-25-12-16-27(17-13-25)28-18-14-26(15-19-28)11-9-22-32-29(31)24(2)23-30-20-7-5-8-21-30/h14-15,18-19,25,27H,2-13,16-17,20-23H2,1H3. The summed E-state index contributed by atoms with van der Waals surface area (Å²) in [6, 6.07) is 9.23. The molecule has 178 valence electrons. The first-order valence-electron chi connectivity index (χ1n) is 13.3. The van der Waals surface area contributed by atoms with Gasteiger partial charge in [-0.05, 0) is 87.4 Å². The van der Waals surface area contributed by atoms with Gasteiger partial charge in [-0.3, -0.25) is 4.90 Å². The van der Waals surface area contributed by atoms with Crippen molar-refractivity contribution < 1.29 is 9.53 Å². The fourth-order valence-electron chi connectivity index (χ4n) is 5.42. The van der Waals surface area contributed by atoms with Crippen LogP contribution in [0.4, 0.5) is 0 Å². The molecular weight excluding hydrogens is 394 g/mol. The van der Waals surface area contributed by atoms with Gasteiger partial charge in [-0.1, -0.05) is 69.9 Å². The summed E-state index contributed by atoms with van der Waals surface area (Å²) in [5.41, 5.74) is 3.45. The summed E-state index contributed by atoms with van der Waals surface area (Å²) < 4.78 is 5.47. The number of unbranched alkanes of at least 4 members (excludes halogenated alkanes) is 2. The van der Waals surface area contributed by atoms with Crippen LogP contribution in [-0.2, 0) is 16.0 Å². The maximum absolute atomic E-state index is 12.2. The first-order chi connectivity index (χ1) is 15.7. The van der Waals surface area contributed by atoms with Gasteiger partial charge in [0.2, 0.25) is 0 Å². The van der Waals surface area contributed by atoms with Crippen molar-refractivity contribution in [2.75, 3.05) is 26.2 Å². The van der Waals surface area contributed by atoms with Crippen LogP contribution in [0.1, 0.15) is 101 Å². The Hall–Kier alpha value is -1.61. The number of likely N-dealkylation sites (tertiary alicyclic amines) is 1. The van der Waals surface area contributed by atoms with Crippen LogP contribution in [0.2, 0.25) is 0 Å². The van der Waals surface area contributed by atoms with Gasteiger partial charge in [0, 0.05) is 12.1 Å². The van der Waals surface area contributed by atoms with Crippen LogP contribution >= 0.6 is 0 Å². The van der Waals surface area contributed by atoms with Crippen LogP contribution in [0.5, 0.6) is 0 Å². The van der Waals surface area contributed by atoms with E-state index in [1.54, 1.807) is 0 Å². The third kappa shape index (κ3) is 8.39. The number of hydrogen-bond donors (Lipinski definition) is 0. The minimum Gasteiger partial charge on any atom is -0.462 e. The summed E-state index contributed by atoms with van der Waals surface area (Å²) in [7, 11) is 0. The Morgan fingerprint density at radius 1 is 1.00 bits per heavy atom. The van der Waals surface area contributed by atoms with Crippen LogP contribution in [0.25, 0.3) is 0 Å². The predicted molar refractivity (Wildman–Crippen MR) is 134 cm³/mol. The highest BCUT2D eigenvalue weighted by Gasteiger charge is 2.22. The van der Waals surface area contributed by atoms with E-state index in [-0.39, 0.29) is 5.97 Å². The molecule has 1 aromatic carbocycles. The maximum Gasteiger partial charge on any atom is 0.334 e. The lowest BCUT2D eigenvalue weighted by molar-refractivity contribution is -0.139. The first kappa shape index (κ1) is 25.0. The Kier molecular flexibility index (Phi) is 10.8. The van der Waals surface area contributed by atoms with Gasteiger partial charge in [0.1, 0.15) is 0 Å². The monoisotopic (exact) mass is 439 g/mol. The average Bonchev–Trinajstić information content (AvgIpc) is 2.83. The topological polar surface area (TPSA) is 29.5 Å². The number of carbonyl (C=O) groups excluding carboxylic acids is 1. The Morgan fingerprint density at radius 3 is 2.41 bits per heavy atom. The number of piperidine rings is 1. The van der Waals surface area contributed by atoms with Crippen molar-refractivity contribution in [2.45, 2.75) is 96.3 Å². The Balaban J connectivity index is 1.30. The number of hydrogen-bond acceptors (Lipinski definition) is 3. The lowest BCUT2D eigenvalue weighted by Gasteiger charge is -2.29. The molecule has 32 heavy (non-hydrogen) atoms. The molecule has 3 rings (SSSR count). The number of ether oxygens (including phenoxy) is 1. The molecule has 1 saturated heterocycles. The van der Waals surface area contributed by atoms with E-state index >= 15 is 0 Å². The molecule has 1 aromatic rings. The van der Waals surface area contributed by atoms with Crippen molar-refractivity contribution in [1.29, 1.82) is 0 Å². The van der Waals surface area contributed by atoms with Gasteiger partial charge in [0.25, 0.3) is 0 Å². The molecule has 0 N–H and O–H groups in total. The minimum atomic E-state index is -0.226. The van der Waals surface area contributed by atoms with E-state index in [4.69, 9.17) is 4.74 Å². The molecule has 0 radical (unpaired) electrons. The molecule has 0 spiro atoms. The van der Waals surface area contributed by atoms with Crippen molar-refractivity contribution in [2.24, 2.45) is 5.92 Å². The van der Waals surface area contributed by atoms with Gasteiger partial charge in [-0.15, -0.1) is 0 Å². The molecule has 0 aromatic heterocycles. The van der Waals surface area contributed by atoms with Crippen LogP contribution < -0.4 is 0 Å². The second-order valence-electron chi connectivity index (χ2n) is 10.1. The highest BCUT2D eigenvalue weighted by atomic mass is 16.5. The Labute approximate surface area is 196 Å². The van der Waals surface area contributed by atoms with Crippen LogP contribution in [-0.4, -0.2) is 37.1 Å². The quantitative estimate of drug-likeness (QED) is 0.198. The summed E-state index contributed by atoms with van der Waals surface area (Å²) >= 11 is 0. The van der Waals surface area contributed by atoms with Gasteiger partial charge in [0.15, 0.2) is 0 Å². The molecule has 0 amide bonds. The van der Waals surface area contributed by atoms with Crippen molar-refractivity contribution in [3.05, 3.63) is 47.5 Å². The SMILES string of the molecule is C=C(CN1CCCCC1)C(=O)OCCCc1ccc(C2CCC(CCCCC)CC2)cc1. The third-order valence-corrected chi connectivity index (χ3v) is 7.51. The molecule has 1 aliphatic carbocycles. The van der Waals surface area contributed by atoms with Crippen LogP contribution in [0.3, 0.4) is 0 Å². The van der Waals surface area contributed by atoms with Crippen LogP contribution in [0, 0.1) is 5.92 Å². The molecule has 0 atom stereocenters. The van der Waals surface area contributed by atoms with Gasteiger partial charge >= 0.3 is 5.97 Å². The lowest BCUT2D eigenvalue weighted by atomic mass is 9.77. The fraction of sp³-hybridized carbons (Fsp3) is 0.690. The van der Waals surface area contributed by atoms with Crippen molar-refractivity contribution in [3.8, 4) is 0 Å². The summed E-state index contributed by atoms with van der Waals surface area (Å²) in [6.45, 7) is 9.51. The zero-order valence-corrected chi connectivity index (χ0v) is 20.5. The number of carbonyl (C=O) groups is 1. The third-order valence-electron chi connectivity index (χ3n) is 7.51. The van der Waals surface area contributed by atoms with E-state index in [1.807, 2.05) is 0 Å². The predicted octanol–water partition coefficient (Wildman–Crippen LogP) is 7.06. The summed E-state index contributed by atoms with van der Waals surface area (Å²) in [5, 5.41) is 0. The van der Waals surface area contributed by atoms with E-state index in [9.17, 15) is 4.79 Å². The molecule has 0 bridgehead atoms. The zero-order valence-electron chi connectivity index (χ0n) is 20.5. The second-order valence-corrected chi connectivity index (χ2v) is 10.1. The lowest BCUT2D eigenvalue weighted by Crippen LogP contribution is -2.33. The minimum absolute atomic E-state index is 0.226. The molecule has 0 unspecified atom stereocenters. The fourth-order valence-corrected chi connectivity index (χ4v) is 5.42. The largest absolute Gasteiger partial charge is 0.462 e. The molecule has 3 nitrogen and oxygen atoms in total. The highest BCUT2D eigenvalue weighted by Crippen LogP contribution is 2.37. The summed E-state index contributed by atoms with van der Waals surface area (Å²) in [4.78, 5) is 14.5. The molecule has 1 saturated carbocycles. The van der Waals surface area contributed by atoms with Gasteiger partial charge in [0.05, 0.1) is 6.61 Å². The first-order valence-corrected chi connectivity index (χ1v) is 13.3. The van der Waals surface area contributed by atoms with Crippen LogP contribution in [0.15, 0.2) is 36.4 Å². The second kappa shape index (κ2) is 13.8. The Bertz CT molecular complexity index is 682. The van der Waals surface area contributed by atoms with Crippen molar-refractivity contribution in [3.63, 3.8) is 0 Å². The van der Waals surface area contributed by atoms with E-state index in [0.717, 1.165) is 37.8 Å². The van der Waals surface area contributed by atoms with E-state index in [1.165, 1.54) is 81.8 Å². The molecule has 1 heterocycles. The van der Waals surface area contributed by atoms with Gasteiger partial charge in [-0.2, -0.15) is 0 Å². The van der Waals surface area contributed by atoms with Crippen molar-refractivity contribution >= 4 is 5.97 Å². The van der Waals surface area contributed by atoms with Crippen molar-refractivity contribution in [1.82, 2.24) is 4.90 Å². The number of esters is 1. The number of nitrogens with zero attached hydrogens (tertiary/aromatic N) is 1. The molecule has 2 aliphatic rings. The molecule has 1 aliphatic heterocycles. The van der Waals surface area contributed by atoms with Gasteiger partial charge < -0.3 is 4.74 Å².